The number of hydrogen-bond acceptors (Lipinski definition) is 0. The second-order valence-corrected chi connectivity index (χ2v) is 5.80. The van der Waals surface area contributed by atoms with Gasteiger partial charge in [0.1, 0.15) is 0 Å². The molecule has 0 bridgehead atoms. The molecule has 0 heteroatoms. The minimum absolute atomic E-state index is 1.22. The fraction of sp³-hybridized carbons (Fsp3) is 1.00. The van der Waals surface area contributed by atoms with Gasteiger partial charge in [0.2, 0.25) is 0 Å². The monoisotopic (exact) mass is 162 g/mol. The van der Waals surface area contributed by atoms with Crippen LogP contribution in [0.5, 0.6) is 0 Å². The van der Waals surface area contributed by atoms with Crippen molar-refractivity contribution < 1.29 is 0 Å². The van der Waals surface area contributed by atoms with E-state index in [1.165, 1.54) is 35.5 Å². The highest BCUT2D eigenvalue weighted by atomic mass is 14.6. The molecule has 4 saturated carbocycles. The highest BCUT2D eigenvalue weighted by molar-refractivity contribution is 5.09. The van der Waals surface area contributed by atoms with Crippen molar-refractivity contribution in [1.29, 1.82) is 0 Å². The quantitative estimate of drug-likeness (QED) is 0.598. The van der Waals surface area contributed by atoms with E-state index in [1.54, 1.807) is 38.5 Å². The molecule has 0 radical (unpaired) electrons. The molecule has 0 aromatic carbocycles. The standard InChI is InChI=1S/C12H18/c1-2-7(1)9-5-11(9)12-6-10(12)8-3-4-8/h7-12H,1-6H2/t9-,10+,11-,12-/m1/s1. The molecule has 12 heavy (non-hydrogen) atoms. The maximum absolute atomic E-state index is 1.64. The highest BCUT2D eigenvalue weighted by Gasteiger charge is 2.59. The molecule has 0 amide bonds. The van der Waals surface area contributed by atoms with Crippen LogP contribution in [-0.2, 0) is 0 Å². The molecule has 0 unspecified atom stereocenters. The van der Waals surface area contributed by atoms with Gasteiger partial charge in [-0.3, -0.25) is 0 Å². The van der Waals surface area contributed by atoms with E-state index in [9.17, 15) is 0 Å². The molecule has 4 fully saturated rings. The largest absolute Gasteiger partial charge is 0.0499 e. The first-order valence-corrected chi connectivity index (χ1v) is 5.93. The van der Waals surface area contributed by atoms with Crippen LogP contribution in [0.15, 0.2) is 0 Å². The zero-order valence-corrected chi connectivity index (χ0v) is 7.71. The second-order valence-electron chi connectivity index (χ2n) is 5.80. The lowest BCUT2D eigenvalue weighted by molar-refractivity contribution is 0.522. The molecule has 0 N–H and O–H groups in total. The highest BCUT2D eigenvalue weighted by Crippen LogP contribution is 2.68. The summed E-state index contributed by atoms with van der Waals surface area (Å²) in [6.07, 6.45) is 9.62. The first-order valence-electron chi connectivity index (χ1n) is 5.93. The Kier molecular flexibility index (Phi) is 1.03. The maximum atomic E-state index is 1.64. The van der Waals surface area contributed by atoms with Crippen LogP contribution in [0.2, 0.25) is 0 Å². The van der Waals surface area contributed by atoms with Crippen LogP contribution in [0.1, 0.15) is 38.5 Å². The minimum Gasteiger partial charge on any atom is -0.0499 e. The molecule has 4 rings (SSSR count). The molecule has 4 aliphatic rings. The Morgan fingerprint density at radius 1 is 0.500 bits per heavy atom. The Balaban J connectivity index is 1.37. The Bertz CT molecular complexity index is 188. The zero-order chi connectivity index (χ0) is 7.71. The van der Waals surface area contributed by atoms with Crippen LogP contribution in [0.25, 0.3) is 0 Å². The Labute approximate surface area is 74.7 Å². The molecule has 4 atom stereocenters. The fourth-order valence-electron chi connectivity index (χ4n) is 3.59. The van der Waals surface area contributed by atoms with Crippen molar-refractivity contribution in [2.45, 2.75) is 38.5 Å². The van der Waals surface area contributed by atoms with Crippen LogP contribution < -0.4 is 0 Å². The van der Waals surface area contributed by atoms with Gasteiger partial charge in [-0.1, -0.05) is 0 Å². The van der Waals surface area contributed by atoms with Gasteiger partial charge in [0, 0.05) is 0 Å². The third-order valence-corrected chi connectivity index (χ3v) is 4.79. The third-order valence-electron chi connectivity index (χ3n) is 4.79. The SMILES string of the molecule is C1CC1[C@H]1C[C@H]1[C@@H]1C[C@H]1C1CC1. The van der Waals surface area contributed by atoms with E-state index < -0.39 is 0 Å². The molecule has 0 aromatic rings. The predicted molar refractivity (Wildman–Crippen MR) is 48.6 cm³/mol. The summed E-state index contributed by atoms with van der Waals surface area (Å²) in [6, 6.07) is 0. The molecule has 4 aliphatic carbocycles. The molecular weight excluding hydrogens is 144 g/mol. The van der Waals surface area contributed by atoms with Crippen molar-refractivity contribution in [3.05, 3.63) is 0 Å². The molecule has 0 aromatic heterocycles. The van der Waals surface area contributed by atoms with Gasteiger partial charge in [0.25, 0.3) is 0 Å². The minimum atomic E-state index is 1.22. The van der Waals surface area contributed by atoms with Crippen LogP contribution in [-0.4, -0.2) is 0 Å². The summed E-state index contributed by atoms with van der Waals surface area (Å²) in [5, 5.41) is 0. The molecule has 0 heterocycles. The molecule has 0 nitrogen and oxygen atoms in total. The van der Waals surface area contributed by atoms with Gasteiger partial charge in [-0.05, 0) is 74.0 Å². The second kappa shape index (κ2) is 1.91. The zero-order valence-electron chi connectivity index (χ0n) is 7.71. The van der Waals surface area contributed by atoms with Crippen molar-refractivity contribution in [1.82, 2.24) is 0 Å². The van der Waals surface area contributed by atoms with Gasteiger partial charge in [-0.25, -0.2) is 0 Å². The van der Waals surface area contributed by atoms with Gasteiger partial charge in [0.15, 0.2) is 0 Å². The summed E-state index contributed by atoms with van der Waals surface area (Å²) >= 11 is 0. The molecule has 66 valence electrons. The Morgan fingerprint density at radius 2 is 0.917 bits per heavy atom. The molecular formula is C12H18. The van der Waals surface area contributed by atoms with Crippen molar-refractivity contribution >= 4 is 0 Å². The van der Waals surface area contributed by atoms with Crippen LogP contribution in [0.4, 0.5) is 0 Å². The third kappa shape index (κ3) is 0.900. The normalized spacial score (nSPS) is 57.0. The average Bonchev–Trinajstić information content (AvgIpc) is 2.81. The summed E-state index contributed by atoms with van der Waals surface area (Å²) in [6.45, 7) is 0. The van der Waals surface area contributed by atoms with E-state index >= 15 is 0 Å². The van der Waals surface area contributed by atoms with Crippen LogP contribution in [0, 0.1) is 35.5 Å². The van der Waals surface area contributed by atoms with Gasteiger partial charge in [-0.2, -0.15) is 0 Å². The Morgan fingerprint density at radius 3 is 1.25 bits per heavy atom. The average molecular weight is 162 g/mol. The van der Waals surface area contributed by atoms with E-state index in [-0.39, 0.29) is 0 Å². The molecule has 0 aliphatic heterocycles. The smallest absolute Gasteiger partial charge is 0.0349 e. The van der Waals surface area contributed by atoms with Gasteiger partial charge in [0.05, 0.1) is 0 Å². The van der Waals surface area contributed by atoms with Gasteiger partial charge >= 0.3 is 0 Å². The van der Waals surface area contributed by atoms with Gasteiger partial charge in [-0.15, -0.1) is 0 Å². The predicted octanol–water partition coefficient (Wildman–Crippen LogP) is 3.08. The van der Waals surface area contributed by atoms with Crippen molar-refractivity contribution in [3.8, 4) is 0 Å². The van der Waals surface area contributed by atoms with E-state index in [2.05, 4.69) is 0 Å². The molecule has 0 spiro atoms. The van der Waals surface area contributed by atoms with Crippen LogP contribution >= 0.6 is 0 Å². The maximum Gasteiger partial charge on any atom is -0.0349 e. The Hall–Kier alpha value is 0. The van der Waals surface area contributed by atoms with Crippen molar-refractivity contribution in [3.63, 3.8) is 0 Å². The summed E-state index contributed by atoms with van der Waals surface area (Å²) in [5.41, 5.74) is 0. The number of rotatable bonds is 3. The summed E-state index contributed by atoms with van der Waals surface area (Å²) in [5.74, 6) is 7.38. The van der Waals surface area contributed by atoms with E-state index in [0.29, 0.717) is 0 Å². The van der Waals surface area contributed by atoms with E-state index in [4.69, 9.17) is 0 Å². The molecule has 0 saturated heterocycles. The summed E-state index contributed by atoms with van der Waals surface area (Å²) in [7, 11) is 0. The van der Waals surface area contributed by atoms with Crippen molar-refractivity contribution in [2.24, 2.45) is 35.5 Å². The summed E-state index contributed by atoms with van der Waals surface area (Å²) < 4.78 is 0. The lowest BCUT2D eigenvalue weighted by atomic mass is 10.1. The lowest BCUT2D eigenvalue weighted by Crippen LogP contribution is -1.91. The van der Waals surface area contributed by atoms with E-state index in [1.807, 2.05) is 0 Å². The summed E-state index contributed by atoms with van der Waals surface area (Å²) in [4.78, 5) is 0. The van der Waals surface area contributed by atoms with Crippen molar-refractivity contribution in [2.75, 3.05) is 0 Å². The topological polar surface area (TPSA) is 0 Å². The fourth-order valence-corrected chi connectivity index (χ4v) is 3.59. The van der Waals surface area contributed by atoms with Gasteiger partial charge < -0.3 is 0 Å². The lowest BCUT2D eigenvalue weighted by Gasteiger charge is -1.95. The van der Waals surface area contributed by atoms with Crippen LogP contribution in [0.3, 0.4) is 0 Å². The van der Waals surface area contributed by atoms with E-state index in [0.717, 1.165) is 0 Å². The number of hydrogen-bond donors (Lipinski definition) is 0. The first kappa shape index (κ1) is 6.45. The first-order chi connectivity index (χ1) is 5.93.